The zero-order valence-corrected chi connectivity index (χ0v) is 9.83. The highest BCUT2D eigenvalue weighted by Crippen LogP contribution is 2.14. The molecular formula is C13H15NO4. The summed E-state index contributed by atoms with van der Waals surface area (Å²) in [6.07, 6.45) is 0.963. The van der Waals surface area contributed by atoms with Gasteiger partial charge in [-0.3, -0.25) is 14.9 Å². The zero-order valence-electron chi connectivity index (χ0n) is 9.83. The number of nitrogens with one attached hydrogen (secondary N) is 1. The van der Waals surface area contributed by atoms with Crippen molar-refractivity contribution in [2.75, 3.05) is 0 Å². The third-order valence-corrected chi connectivity index (χ3v) is 2.95. The predicted molar refractivity (Wildman–Crippen MR) is 63.8 cm³/mol. The molecule has 0 aliphatic carbocycles. The molecule has 1 aromatic carbocycles. The maximum absolute atomic E-state index is 11.7. The molecule has 0 spiro atoms. The molecule has 1 fully saturated rings. The fourth-order valence-electron chi connectivity index (χ4n) is 1.95. The lowest BCUT2D eigenvalue weighted by atomic mass is 10.2. The largest absolute Gasteiger partial charge is 0.480 e. The third kappa shape index (κ3) is 3.07. The minimum absolute atomic E-state index is 0.218. The molecule has 1 unspecified atom stereocenters. The van der Waals surface area contributed by atoms with Crippen molar-refractivity contribution in [3.63, 3.8) is 0 Å². The number of esters is 1. The average molecular weight is 249 g/mol. The normalized spacial score (nSPS) is 22.7. The summed E-state index contributed by atoms with van der Waals surface area (Å²) in [5.41, 5.74) is 0.915. The average Bonchev–Trinajstić information content (AvgIpc) is 2.87. The van der Waals surface area contributed by atoms with Gasteiger partial charge in [-0.25, -0.2) is 0 Å². The molecule has 2 atom stereocenters. The van der Waals surface area contributed by atoms with Crippen molar-refractivity contribution in [2.24, 2.45) is 0 Å². The molecule has 18 heavy (non-hydrogen) atoms. The molecule has 2 rings (SSSR count). The van der Waals surface area contributed by atoms with Gasteiger partial charge in [-0.1, -0.05) is 30.3 Å². The third-order valence-electron chi connectivity index (χ3n) is 2.95. The summed E-state index contributed by atoms with van der Waals surface area (Å²) in [5.74, 6) is -1.31. The molecule has 5 heteroatoms. The Morgan fingerprint density at radius 1 is 1.22 bits per heavy atom. The summed E-state index contributed by atoms with van der Waals surface area (Å²) in [4.78, 5) is 22.4. The minimum Gasteiger partial charge on any atom is -0.480 e. The van der Waals surface area contributed by atoms with Crippen molar-refractivity contribution in [3.8, 4) is 0 Å². The van der Waals surface area contributed by atoms with Gasteiger partial charge in [0.25, 0.3) is 0 Å². The van der Waals surface area contributed by atoms with Crippen LogP contribution >= 0.6 is 0 Å². The van der Waals surface area contributed by atoms with E-state index < -0.39 is 18.1 Å². The lowest BCUT2D eigenvalue weighted by Crippen LogP contribution is -2.40. The Hall–Kier alpha value is -1.88. The van der Waals surface area contributed by atoms with Crippen LogP contribution in [0.2, 0.25) is 0 Å². The molecule has 1 aromatic rings. The first-order valence-corrected chi connectivity index (χ1v) is 5.86. The van der Waals surface area contributed by atoms with Gasteiger partial charge in [0, 0.05) is 0 Å². The summed E-state index contributed by atoms with van der Waals surface area (Å²) in [6, 6.07) is 8.23. The van der Waals surface area contributed by atoms with Crippen LogP contribution in [0.3, 0.4) is 0 Å². The molecule has 5 nitrogen and oxygen atoms in total. The van der Waals surface area contributed by atoms with Crippen LogP contribution in [-0.4, -0.2) is 29.1 Å². The maximum Gasteiger partial charge on any atom is 0.323 e. The smallest absolute Gasteiger partial charge is 0.323 e. The molecule has 1 aliphatic rings. The van der Waals surface area contributed by atoms with Crippen LogP contribution in [0, 0.1) is 0 Å². The van der Waals surface area contributed by atoms with Crippen LogP contribution < -0.4 is 5.32 Å². The fourth-order valence-corrected chi connectivity index (χ4v) is 1.95. The van der Waals surface area contributed by atoms with Gasteiger partial charge in [-0.2, -0.15) is 0 Å². The van der Waals surface area contributed by atoms with Crippen molar-refractivity contribution >= 4 is 11.9 Å². The van der Waals surface area contributed by atoms with Crippen LogP contribution in [0.1, 0.15) is 18.4 Å². The molecule has 1 aliphatic heterocycles. The first-order chi connectivity index (χ1) is 8.66. The zero-order chi connectivity index (χ0) is 13.0. The second-order valence-electron chi connectivity index (χ2n) is 4.28. The van der Waals surface area contributed by atoms with Crippen molar-refractivity contribution in [2.45, 2.75) is 31.5 Å². The number of carboxylic acid groups (broad SMARTS) is 1. The van der Waals surface area contributed by atoms with Gasteiger partial charge < -0.3 is 9.84 Å². The quantitative estimate of drug-likeness (QED) is 0.776. The molecule has 1 heterocycles. The van der Waals surface area contributed by atoms with E-state index in [1.54, 1.807) is 0 Å². The van der Waals surface area contributed by atoms with Crippen molar-refractivity contribution in [1.29, 1.82) is 0 Å². The number of carbonyl (C=O) groups is 2. The molecule has 96 valence electrons. The van der Waals surface area contributed by atoms with Crippen LogP contribution in [0.25, 0.3) is 0 Å². The van der Waals surface area contributed by atoms with E-state index >= 15 is 0 Å². The van der Waals surface area contributed by atoms with Crippen LogP contribution in [-0.2, 0) is 20.9 Å². The van der Waals surface area contributed by atoms with Gasteiger partial charge in [0.1, 0.15) is 18.7 Å². The molecule has 2 N–H and O–H groups in total. The van der Waals surface area contributed by atoms with Crippen molar-refractivity contribution in [1.82, 2.24) is 5.32 Å². The number of rotatable bonds is 4. The van der Waals surface area contributed by atoms with Crippen molar-refractivity contribution < 1.29 is 19.4 Å². The fraction of sp³-hybridized carbons (Fsp3) is 0.385. The number of benzene rings is 1. The van der Waals surface area contributed by atoms with Gasteiger partial charge in [0.2, 0.25) is 0 Å². The van der Waals surface area contributed by atoms with E-state index in [0.717, 1.165) is 5.56 Å². The van der Waals surface area contributed by atoms with E-state index in [9.17, 15) is 9.59 Å². The summed E-state index contributed by atoms with van der Waals surface area (Å²) in [5, 5.41) is 11.6. The lowest BCUT2D eigenvalue weighted by molar-refractivity contribution is -0.147. The first kappa shape index (κ1) is 12.6. The Kier molecular flexibility index (Phi) is 3.94. The van der Waals surface area contributed by atoms with Crippen LogP contribution in [0.15, 0.2) is 30.3 Å². The summed E-state index contributed by atoms with van der Waals surface area (Å²) < 4.78 is 5.15. The lowest BCUT2D eigenvalue weighted by Gasteiger charge is -2.11. The first-order valence-electron chi connectivity index (χ1n) is 5.86. The Morgan fingerprint density at radius 3 is 2.50 bits per heavy atom. The minimum atomic E-state index is -0.923. The van der Waals surface area contributed by atoms with Gasteiger partial charge in [0.15, 0.2) is 0 Å². The number of aliphatic carboxylic acids is 1. The van der Waals surface area contributed by atoms with Gasteiger partial charge in [0.05, 0.1) is 0 Å². The Morgan fingerprint density at radius 2 is 1.89 bits per heavy atom. The molecule has 0 amide bonds. The molecular weight excluding hydrogens is 234 g/mol. The van der Waals surface area contributed by atoms with Crippen LogP contribution in [0.4, 0.5) is 0 Å². The van der Waals surface area contributed by atoms with Gasteiger partial charge >= 0.3 is 11.9 Å². The van der Waals surface area contributed by atoms with E-state index in [1.165, 1.54) is 0 Å². The summed E-state index contributed by atoms with van der Waals surface area (Å²) in [7, 11) is 0. The highest BCUT2D eigenvalue weighted by molar-refractivity contribution is 5.80. The van der Waals surface area contributed by atoms with E-state index in [0.29, 0.717) is 12.8 Å². The molecule has 0 saturated carbocycles. The SMILES string of the molecule is O=C(OCc1ccccc1)C1CC[C@@H](C(=O)O)N1. The van der Waals surface area contributed by atoms with Gasteiger partial charge in [-0.15, -0.1) is 0 Å². The topological polar surface area (TPSA) is 75.6 Å². The second-order valence-corrected chi connectivity index (χ2v) is 4.28. The van der Waals surface area contributed by atoms with E-state index in [-0.39, 0.29) is 12.6 Å². The van der Waals surface area contributed by atoms with E-state index in [2.05, 4.69) is 5.32 Å². The molecule has 1 saturated heterocycles. The number of ether oxygens (including phenoxy) is 1. The number of hydrogen-bond acceptors (Lipinski definition) is 4. The standard InChI is InChI=1S/C13H15NO4/c15-12(16)10-6-7-11(14-10)13(17)18-8-9-4-2-1-3-5-9/h1-5,10-11,14H,6-8H2,(H,15,16)/t10-,11?/m0/s1. The Labute approximate surface area is 105 Å². The highest BCUT2D eigenvalue weighted by Gasteiger charge is 2.33. The molecule has 0 bridgehead atoms. The number of carboxylic acids is 1. The maximum atomic E-state index is 11.7. The van der Waals surface area contributed by atoms with Gasteiger partial charge in [-0.05, 0) is 18.4 Å². The highest BCUT2D eigenvalue weighted by atomic mass is 16.5. The van der Waals surface area contributed by atoms with Crippen molar-refractivity contribution in [3.05, 3.63) is 35.9 Å². The Balaban J connectivity index is 1.81. The van der Waals surface area contributed by atoms with Crippen LogP contribution in [0.5, 0.6) is 0 Å². The van der Waals surface area contributed by atoms with E-state index in [1.807, 2.05) is 30.3 Å². The number of carbonyl (C=O) groups excluding carboxylic acids is 1. The monoisotopic (exact) mass is 249 g/mol. The Bertz CT molecular complexity index is 432. The second kappa shape index (κ2) is 5.64. The summed E-state index contributed by atoms with van der Waals surface area (Å²) in [6.45, 7) is 0.218. The molecule has 0 aromatic heterocycles. The van der Waals surface area contributed by atoms with E-state index in [4.69, 9.17) is 9.84 Å². The molecule has 0 radical (unpaired) electrons. The number of hydrogen-bond donors (Lipinski definition) is 2. The predicted octanol–water partition coefficient (Wildman–Crippen LogP) is 0.935. The summed E-state index contributed by atoms with van der Waals surface area (Å²) >= 11 is 0.